The summed E-state index contributed by atoms with van der Waals surface area (Å²) in [6, 6.07) is 14.3. The second kappa shape index (κ2) is 10.7. The van der Waals surface area contributed by atoms with Gasteiger partial charge in [0, 0.05) is 25.6 Å². The highest BCUT2D eigenvalue weighted by Crippen LogP contribution is 2.23. The molecule has 2 aromatic rings. The van der Waals surface area contributed by atoms with Crippen LogP contribution in [-0.4, -0.2) is 45.5 Å². The summed E-state index contributed by atoms with van der Waals surface area (Å²) in [6.07, 6.45) is 1.07. The smallest absolute Gasteiger partial charge is 0.191 e. The van der Waals surface area contributed by atoms with Gasteiger partial charge in [0.2, 0.25) is 0 Å². The number of guanidine groups is 1. The molecule has 0 aromatic heterocycles. The second-order valence-electron chi connectivity index (χ2n) is 7.23. The fraction of sp³-hybridized carbons (Fsp3) is 0.435. The van der Waals surface area contributed by atoms with E-state index in [0.29, 0.717) is 26.3 Å². The summed E-state index contributed by atoms with van der Waals surface area (Å²) in [5, 5.41) is 6.63. The molecule has 1 heterocycles. The summed E-state index contributed by atoms with van der Waals surface area (Å²) in [7, 11) is 1.76. The molecule has 2 N–H and O–H groups in total. The van der Waals surface area contributed by atoms with Gasteiger partial charge in [-0.15, -0.1) is 0 Å². The predicted molar refractivity (Wildman–Crippen MR) is 116 cm³/mol. The molecular formula is C23H31N3O3. The number of aliphatic imine (C=N–C) groups is 1. The fourth-order valence-corrected chi connectivity index (χ4v) is 3.15. The number of aryl methyl sites for hydroxylation is 2. The monoisotopic (exact) mass is 397 g/mol. The lowest BCUT2D eigenvalue weighted by atomic mass is 10.1. The molecule has 156 valence electrons. The van der Waals surface area contributed by atoms with Gasteiger partial charge < -0.3 is 24.8 Å². The average molecular weight is 398 g/mol. The standard InChI is InChI=1S/C23H31N3O3/c1-17-5-4-6-20(13-17)28-12-10-25-23(24-3)26-15-19-8-7-18(2)14-22(19)29-21-9-11-27-16-21/h4-8,13-14,21H,9-12,15-16H2,1-3H3,(H2,24,25,26). The zero-order valence-corrected chi connectivity index (χ0v) is 17.5. The number of benzene rings is 2. The molecule has 1 saturated heterocycles. The molecule has 0 radical (unpaired) electrons. The third kappa shape index (κ3) is 6.68. The van der Waals surface area contributed by atoms with Gasteiger partial charge in [0.15, 0.2) is 5.96 Å². The maximum Gasteiger partial charge on any atom is 0.191 e. The summed E-state index contributed by atoms with van der Waals surface area (Å²) in [5.41, 5.74) is 3.47. The van der Waals surface area contributed by atoms with Gasteiger partial charge in [-0.05, 0) is 43.2 Å². The Bertz CT molecular complexity index is 817. The Kier molecular flexibility index (Phi) is 7.76. The lowest BCUT2D eigenvalue weighted by Crippen LogP contribution is -2.39. The largest absolute Gasteiger partial charge is 0.492 e. The van der Waals surface area contributed by atoms with Crippen molar-refractivity contribution >= 4 is 5.96 Å². The summed E-state index contributed by atoms with van der Waals surface area (Å²) in [4.78, 5) is 4.29. The number of nitrogens with one attached hydrogen (secondary N) is 2. The summed E-state index contributed by atoms with van der Waals surface area (Å²) >= 11 is 0. The molecule has 0 spiro atoms. The molecule has 6 heteroatoms. The van der Waals surface area contributed by atoms with Crippen molar-refractivity contribution in [1.82, 2.24) is 10.6 Å². The molecule has 0 amide bonds. The average Bonchev–Trinajstić information content (AvgIpc) is 3.22. The fourth-order valence-electron chi connectivity index (χ4n) is 3.15. The molecule has 2 aromatic carbocycles. The van der Waals surface area contributed by atoms with Crippen molar-refractivity contribution in [1.29, 1.82) is 0 Å². The third-order valence-corrected chi connectivity index (χ3v) is 4.73. The van der Waals surface area contributed by atoms with Crippen molar-refractivity contribution in [2.75, 3.05) is 33.4 Å². The third-order valence-electron chi connectivity index (χ3n) is 4.73. The summed E-state index contributed by atoms with van der Waals surface area (Å²) in [5.74, 6) is 2.52. The second-order valence-corrected chi connectivity index (χ2v) is 7.23. The van der Waals surface area contributed by atoms with E-state index in [9.17, 15) is 0 Å². The summed E-state index contributed by atoms with van der Waals surface area (Å²) in [6.45, 7) is 7.40. The topological polar surface area (TPSA) is 64.1 Å². The van der Waals surface area contributed by atoms with Crippen LogP contribution < -0.4 is 20.1 Å². The molecule has 0 bridgehead atoms. The van der Waals surface area contributed by atoms with Crippen LogP contribution >= 0.6 is 0 Å². The Morgan fingerprint density at radius 3 is 2.76 bits per heavy atom. The minimum atomic E-state index is 0.131. The van der Waals surface area contributed by atoms with Gasteiger partial charge in [-0.25, -0.2) is 0 Å². The van der Waals surface area contributed by atoms with Gasteiger partial charge in [0.25, 0.3) is 0 Å². The molecule has 29 heavy (non-hydrogen) atoms. The van der Waals surface area contributed by atoms with E-state index in [4.69, 9.17) is 14.2 Å². The van der Waals surface area contributed by atoms with Crippen molar-refractivity contribution in [2.45, 2.75) is 32.9 Å². The normalized spacial score (nSPS) is 16.5. The number of hydrogen-bond donors (Lipinski definition) is 2. The molecule has 0 aliphatic carbocycles. The van der Waals surface area contributed by atoms with Crippen LogP contribution in [0.25, 0.3) is 0 Å². The van der Waals surface area contributed by atoms with Crippen LogP contribution in [0.1, 0.15) is 23.1 Å². The van der Waals surface area contributed by atoms with Gasteiger partial charge >= 0.3 is 0 Å². The van der Waals surface area contributed by atoms with E-state index in [2.05, 4.69) is 53.7 Å². The maximum absolute atomic E-state index is 6.17. The van der Waals surface area contributed by atoms with Gasteiger partial charge in [0.05, 0.1) is 19.8 Å². The van der Waals surface area contributed by atoms with Crippen LogP contribution in [0.4, 0.5) is 0 Å². The minimum absolute atomic E-state index is 0.131. The first-order valence-corrected chi connectivity index (χ1v) is 10.1. The molecular weight excluding hydrogens is 366 g/mol. The van der Waals surface area contributed by atoms with Gasteiger partial charge in [-0.3, -0.25) is 4.99 Å². The van der Waals surface area contributed by atoms with E-state index in [1.165, 1.54) is 11.1 Å². The van der Waals surface area contributed by atoms with Crippen molar-refractivity contribution in [3.05, 3.63) is 59.2 Å². The van der Waals surface area contributed by atoms with Crippen LogP contribution in [0.3, 0.4) is 0 Å². The molecule has 1 atom stereocenters. The Balaban J connectivity index is 1.47. The predicted octanol–water partition coefficient (Wildman–Crippen LogP) is 3.22. The Morgan fingerprint density at radius 2 is 2.00 bits per heavy atom. The number of ether oxygens (including phenoxy) is 3. The molecule has 6 nitrogen and oxygen atoms in total. The zero-order chi connectivity index (χ0) is 20.5. The molecule has 3 rings (SSSR count). The lowest BCUT2D eigenvalue weighted by molar-refractivity contribution is 0.140. The first-order valence-electron chi connectivity index (χ1n) is 10.1. The van der Waals surface area contributed by atoms with E-state index in [-0.39, 0.29) is 6.10 Å². The Hall–Kier alpha value is -2.73. The summed E-state index contributed by atoms with van der Waals surface area (Å²) < 4.78 is 17.4. The van der Waals surface area contributed by atoms with Gasteiger partial charge in [-0.2, -0.15) is 0 Å². The highest BCUT2D eigenvalue weighted by molar-refractivity contribution is 5.79. The molecule has 1 unspecified atom stereocenters. The maximum atomic E-state index is 6.17. The van der Waals surface area contributed by atoms with E-state index < -0.39 is 0 Å². The van der Waals surface area contributed by atoms with Crippen LogP contribution in [0, 0.1) is 13.8 Å². The zero-order valence-electron chi connectivity index (χ0n) is 17.5. The van der Waals surface area contributed by atoms with Crippen LogP contribution in [0.15, 0.2) is 47.5 Å². The number of hydrogen-bond acceptors (Lipinski definition) is 4. The minimum Gasteiger partial charge on any atom is -0.492 e. The van der Waals surface area contributed by atoms with Gasteiger partial charge in [-0.1, -0.05) is 24.3 Å². The molecule has 1 aliphatic rings. The van der Waals surface area contributed by atoms with E-state index in [0.717, 1.165) is 36.0 Å². The molecule has 1 aliphatic heterocycles. The van der Waals surface area contributed by atoms with E-state index in [1.807, 2.05) is 18.2 Å². The first kappa shape index (κ1) is 21.0. The quantitative estimate of drug-likeness (QED) is 0.407. The molecule has 0 saturated carbocycles. The van der Waals surface area contributed by atoms with Crippen molar-refractivity contribution < 1.29 is 14.2 Å². The van der Waals surface area contributed by atoms with Crippen molar-refractivity contribution in [3.8, 4) is 11.5 Å². The highest BCUT2D eigenvalue weighted by atomic mass is 16.5. The first-order chi connectivity index (χ1) is 14.1. The van der Waals surface area contributed by atoms with E-state index >= 15 is 0 Å². The SMILES string of the molecule is CN=C(NCCOc1cccc(C)c1)NCc1ccc(C)cc1OC1CCOC1. The highest BCUT2D eigenvalue weighted by Gasteiger charge is 2.18. The molecule has 1 fully saturated rings. The van der Waals surface area contributed by atoms with Crippen molar-refractivity contribution in [3.63, 3.8) is 0 Å². The Labute approximate surface area is 173 Å². The van der Waals surface area contributed by atoms with Crippen molar-refractivity contribution in [2.24, 2.45) is 4.99 Å². The lowest BCUT2D eigenvalue weighted by Gasteiger charge is -2.18. The number of nitrogens with zero attached hydrogens (tertiary/aromatic N) is 1. The Morgan fingerprint density at radius 1 is 1.14 bits per heavy atom. The van der Waals surface area contributed by atoms with E-state index in [1.54, 1.807) is 7.05 Å². The van der Waals surface area contributed by atoms with Crippen LogP contribution in [0.5, 0.6) is 11.5 Å². The van der Waals surface area contributed by atoms with Crippen LogP contribution in [-0.2, 0) is 11.3 Å². The van der Waals surface area contributed by atoms with Crippen LogP contribution in [0.2, 0.25) is 0 Å². The van der Waals surface area contributed by atoms with Gasteiger partial charge in [0.1, 0.15) is 24.2 Å². The number of rotatable bonds is 8.